The molecule has 0 saturated carbocycles. The molecule has 0 bridgehead atoms. The van der Waals surface area contributed by atoms with Gasteiger partial charge in [-0.15, -0.1) is 5.10 Å². The van der Waals surface area contributed by atoms with E-state index in [1.807, 2.05) is 0 Å². The van der Waals surface area contributed by atoms with E-state index in [2.05, 4.69) is 25.8 Å². The normalized spacial score (nSPS) is 10.3. The number of hydrogen-bond acceptors (Lipinski definition) is 4. The number of aromatic nitrogens is 5. The van der Waals surface area contributed by atoms with Gasteiger partial charge in [-0.3, -0.25) is 14.6 Å². The number of nitrogens with one attached hydrogen (secondary N) is 2. The first kappa shape index (κ1) is 10.3. The highest BCUT2D eigenvalue weighted by atomic mass is 16.1. The minimum absolute atomic E-state index is 0.133. The standard InChI is InChI=1S/C9H12N6O/c1-7-8(6-12-13-7)9(16)10-2-4-15-5-3-11-14-15/h3,5-6H,2,4H2,1H3,(H,10,16)(H,12,13). The molecule has 16 heavy (non-hydrogen) atoms. The predicted octanol–water partition coefficient (Wildman–Crippen LogP) is -0.260. The first-order valence-corrected chi connectivity index (χ1v) is 4.89. The van der Waals surface area contributed by atoms with Crippen molar-refractivity contribution in [3.05, 3.63) is 29.8 Å². The number of aryl methyl sites for hydroxylation is 1. The van der Waals surface area contributed by atoms with Crippen molar-refractivity contribution >= 4 is 5.91 Å². The van der Waals surface area contributed by atoms with Crippen LogP contribution in [-0.4, -0.2) is 37.6 Å². The van der Waals surface area contributed by atoms with Crippen molar-refractivity contribution in [3.63, 3.8) is 0 Å². The van der Waals surface area contributed by atoms with E-state index in [0.717, 1.165) is 5.69 Å². The van der Waals surface area contributed by atoms with Gasteiger partial charge in [-0.25, -0.2) is 0 Å². The molecule has 0 spiro atoms. The Morgan fingerprint density at radius 1 is 1.62 bits per heavy atom. The van der Waals surface area contributed by atoms with E-state index in [4.69, 9.17) is 0 Å². The second-order valence-electron chi connectivity index (χ2n) is 3.33. The average Bonchev–Trinajstić information content (AvgIpc) is 2.88. The molecule has 0 aliphatic heterocycles. The van der Waals surface area contributed by atoms with Crippen molar-refractivity contribution in [2.24, 2.45) is 0 Å². The highest BCUT2D eigenvalue weighted by Crippen LogP contribution is 2.01. The van der Waals surface area contributed by atoms with Crippen LogP contribution in [0.3, 0.4) is 0 Å². The number of aromatic amines is 1. The van der Waals surface area contributed by atoms with Gasteiger partial charge in [0, 0.05) is 18.4 Å². The van der Waals surface area contributed by atoms with Gasteiger partial charge < -0.3 is 5.32 Å². The average molecular weight is 220 g/mol. The summed E-state index contributed by atoms with van der Waals surface area (Å²) in [6.45, 7) is 2.91. The number of carbonyl (C=O) groups is 1. The van der Waals surface area contributed by atoms with E-state index in [1.54, 1.807) is 24.0 Å². The van der Waals surface area contributed by atoms with Gasteiger partial charge in [-0.2, -0.15) is 5.10 Å². The molecule has 2 aromatic heterocycles. The second kappa shape index (κ2) is 4.56. The van der Waals surface area contributed by atoms with E-state index in [-0.39, 0.29) is 5.91 Å². The lowest BCUT2D eigenvalue weighted by molar-refractivity contribution is 0.0951. The summed E-state index contributed by atoms with van der Waals surface area (Å²) in [6, 6.07) is 0. The molecule has 0 aliphatic rings. The topological polar surface area (TPSA) is 88.5 Å². The molecule has 0 unspecified atom stereocenters. The number of amides is 1. The molecule has 0 fully saturated rings. The predicted molar refractivity (Wildman–Crippen MR) is 55.7 cm³/mol. The van der Waals surface area contributed by atoms with Crippen LogP contribution in [0.5, 0.6) is 0 Å². The van der Waals surface area contributed by atoms with Crippen molar-refractivity contribution < 1.29 is 4.79 Å². The molecule has 0 aliphatic carbocycles. The maximum Gasteiger partial charge on any atom is 0.254 e. The smallest absolute Gasteiger partial charge is 0.254 e. The number of hydrogen-bond donors (Lipinski definition) is 2. The Kier molecular flexibility index (Phi) is 2.95. The van der Waals surface area contributed by atoms with Crippen LogP contribution in [0.1, 0.15) is 16.1 Å². The first-order valence-electron chi connectivity index (χ1n) is 4.89. The lowest BCUT2D eigenvalue weighted by Crippen LogP contribution is -2.27. The first-order chi connectivity index (χ1) is 7.77. The Morgan fingerprint density at radius 3 is 3.12 bits per heavy atom. The number of rotatable bonds is 4. The van der Waals surface area contributed by atoms with Crippen molar-refractivity contribution in [1.82, 2.24) is 30.5 Å². The maximum absolute atomic E-state index is 11.6. The minimum Gasteiger partial charge on any atom is -0.350 e. The third-order valence-electron chi connectivity index (χ3n) is 2.17. The van der Waals surface area contributed by atoms with Gasteiger partial charge in [0.2, 0.25) is 0 Å². The maximum atomic E-state index is 11.6. The van der Waals surface area contributed by atoms with Crippen molar-refractivity contribution in [2.45, 2.75) is 13.5 Å². The Hall–Kier alpha value is -2.18. The monoisotopic (exact) mass is 220 g/mol. The molecule has 0 saturated heterocycles. The Bertz CT molecular complexity index is 460. The molecule has 7 heteroatoms. The quantitative estimate of drug-likeness (QED) is 0.743. The Labute approximate surface area is 91.9 Å². The van der Waals surface area contributed by atoms with E-state index in [9.17, 15) is 4.79 Å². The molecular formula is C9H12N6O. The molecule has 2 heterocycles. The molecule has 0 aromatic carbocycles. The highest BCUT2D eigenvalue weighted by molar-refractivity contribution is 5.94. The fourth-order valence-corrected chi connectivity index (χ4v) is 1.31. The molecule has 0 atom stereocenters. The van der Waals surface area contributed by atoms with Gasteiger partial charge in [-0.05, 0) is 6.92 Å². The van der Waals surface area contributed by atoms with Gasteiger partial charge in [0.1, 0.15) is 0 Å². The summed E-state index contributed by atoms with van der Waals surface area (Å²) in [6.07, 6.45) is 4.86. The number of carbonyl (C=O) groups excluding carboxylic acids is 1. The van der Waals surface area contributed by atoms with Crippen LogP contribution in [0.2, 0.25) is 0 Å². The van der Waals surface area contributed by atoms with Gasteiger partial charge in [0.25, 0.3) is 5.91 Å². The van der Waals surface area contributed by atoms with Gasteiger partial charge >= 0.3 is 0 Å². The summed E-state index contributed by atoms with van der Waals surface area (Å²) in [4.78, 5) is 11.6. The Balaban J connectivity index is 1.83. The van der Waals surface area contributed by atoms with Crippen LogP contribution in [0.25, 0.3) is 0 Å². The van der Waals surface area contributed by atoms with Crippen LogP contribution in [0.4, 0.5) is 0 Å². The molecule has 84 valence electrons. The van der Waals surface area contributed by atoms with Crippen LogP contribution in [0.15, 0.2) is 18.6 Å². The van der Waals surface area contributed by atoms with Crippen LogP contribution in [0, 0.1) is 6.92 Å². The van der Waals surface area contributed by atoms with E-state index in [0.29, 0.717) is 18.7 Å². The van der Waals surface area contributed by atoms with Gasteiger partial charge in [0.15, 0.2) is 0 Å². The third kappa shape index (κ3) is 2.25. The summed E-state index contributed by atoms with van der Waals surface area (Å²) in [7, 11) is 0. The minimum atomic E-state index is -0.133. The zero-order chi connectivity index (χ0) is 11.4. The lowest BCUT2D eigenvalue weighted by atomic mass is 10.2. The number of nitrogens with zero attached hydrogens (tertiary/aromatic N) is 4. The summed E-state index contributed by atoms with van der Waals surface area (Å²) in [5.74, 6) is -0.133. The van der Waals surface area contributed by atoms with Crippen molar-refractivity contribution in [3.8, 4) is 0 Å². The SMILES string of the molecule is Cc1[nH]ncc1C(=O)NCCn1ccnn1. The number of H-pyrrole nitrogens is 1. The molecule has 2 aromatic rings. The van der Waals surface area contributed by atoms with E-state index >= 15 is 0 Å². The summed E-state index contributed by atoms with van der Waals surface area (Å²) >= 11 is 0. The van der Waals surface area contributed by atoms with Crippen molar-refractivity contribution in [1.29, 1.82) is 0 Å². The second-order valence-corrected chi connectivity index (χ2v) is 3.33. The molecule has 2 N–H and O–H groups in total. The Morgan fingerprint density at radius 2 is 2.50 bits per heavy atom. The van der Waals surface area contributed by atoms with Crippen molar-refractivity contribution in [2.75, 3.05) is 6.54 Å². The van der Waals surface area contributed by atoms with E-state index < -0.39 is 0 Å². The van der Waals surface area contributed by atoms with Gasteiger partial charge in [-0.1, -0.05) is 5.21 Å². The molecule has 2 rings (SSSR count). The molecule has 7 nitrogen and oxygen atoms in total. The summed E-state index contributed by atoms with van der Waals surface area (Å²) in [5.41, 5.74) is 1.33. The fraction of sp³-hybridized carbons (Fsp3) is 0.333. The zero-order valence-electron chi connectivity index (χ0n) is 8.84. The lowest BCUT2D eigenvalue weighted by Gasteiger charge is -2.03. The van der Waals surface area contributed by atoms with E-state index in [1.165, 1.54) is 6.20 Å². The molecule has 0 radical (unpaired) electrons. The van der Waals surface area contributed by atoms with Gasteiger partial charge in [0.05, 0.1) is 24.5 Å². The van der Waals surface area contributed by atoms with Crippen LogP contribution in [-0.2, 0) is 6.54 Å². The fourth-order valence-electron chi connectivity index (χ4n) is 1.31. The van der Waals surface area contributed by atoms with Crippen LogP contribution < -0.4 is 5.32 Å². The zero-order valence-corrected chi connectivity index (χ0v) is 8.84. The molecular weight excluding hydrogens is 208 g/mol. The van der Waals surface area contributed by atoms with Crippen LogP contribution >= 0.6 is 0 Å². The molecule has 1 amide bonds. The third-order valence-corrected chi connectivity index (χ3v) is 2.17. The summed E-state index contributed by atoms with van der Waals surface area (Å²) < 4.78 is 1.66. The summed E-state index contributed by atoms with van der Waals surface area (Å²) in [5, 5.41) is 16.7. The largest absolute Gasteiger partial charge is 0.350 e. The highest BCUT2D eigenvalue weighted by Gasteiger charge is 2.09.